The number of rotatable bonds is 7. The highest BCUT2D eigenvalue weighted by Gasteiger charge is 2.40. The summed E-state index contributed by atoms with van der Waals surface area (Å²) < 4.78 is 5.46. The predicted molar refractivity (Wildman–Crippen MR) is 97.5 cm³/mol. The molecule has 1 aromatic carbocycles. The Morgan fingerprint density at radius 1 is 1.23 bits per heavy atom. The number of likely N-dealkylation sites (tertiary alicyclic amines) is 1. The third-order valence-electron chi connectivity index (χ3n) is 4.64. The molecule has 1 saturated heterocycles. The lowest BCUT2D eigenvalue weighted by Crippen LogP contribution is -2.48. The Morgan fingerprint density at radius 2 is 1.92 bits per heavy atom. The molecule has 142 valence electrons. The normalized spacial score (nSPS) is 19.8. The van der Waals surface area contributed by atoms with E-state index in [2.05, 4.69) is 10.6 Å². The minimum Gasteiger partial charge on any atom is -0.496 e. The molecule has 0 saturated carbocycles. The molecule has 26 heavy (non-hydrogen) atoms. The topological polar surface area (TPSA) is 87.7 Å². The molecule has 0 spiro atoms. The average molecular weight is 361 g/mol. The first kappa shape index (κ1) is 19.8. The number of hydrogen-bond donors (Lipinski definition) is 2. The van der Waals surface area contributed by atoms with E-state index < -0.39 is 0 Å². The van der Waals surface area contributed by atoms with E-state index in [1.165, 1.54) is 6.92 Å². The standard InChI is InChI=1S/C19H27N3O4/c1-4-22-17(24)10-9-15(19(25)21-12-11-20-13(2)23)18(22)14-7-5-6-8-16(14)26-3/h5-8,15,18H,4,9-12H2,1-3H3,(H,20,23)(H,21,25)/t15-,18+/m1/s1. The lowest BCUT2D eigenvalue weighted by Gasteiger charge is -2.40. The fourth-order valence-corrected chi connectivity index (χ4v) is 3.45. The number of ether oxygens (including phenoxy) is 1. The van der Waals surface area contributed by atoms with Crippen molar-refractivity contribution in [1.29, 1.82) is 0 Å². The highest BCUT2D eigenvalue weighted by atomic mass is 16.5. The molecule has 0 radical (unpaired) electrons. The Bertz CT molecular complexity index is 662. The van der Waals surface area contributed by atoms with Crippen LogP contribution in [0.2, 0.25) is 0 Å². The summed E-state index contributed by atoms with van der Waals surface area (Å²) in [6.07, 6.45) is 0.841. The quantitative estimate of drug-likeness (QED) is 0.716. The van der Waals surface area contributed by atoms with Gasteiger partial charge in [0.25, 0.3) is 0 Å². The van der Waals surface area contributed by atoms with Crippen molar-refractivity contribution in [3.63, 3.8) is 0 Å². The molecule has 1 aliphatic rings. The van der Waals surface area contributed by atoms with Gasteiger partial charge >= 0.3 is 0 Å². The van der Waals surface area contributed by atoms with Crippen molar-refractivity contribution in [2.24, 2.45) is 5.92 Å². The summed E-state index contributed by atoms with van der Waals surface area (Å²) in [6.45, 7) is 4.61. The molecule has 7 nitrogen and oxygen atoms in total. The number of nitrogens with one attached hydrogen (secondary N) is 2. The zero-order chi connectivity index (χ0) is 19.1. The zero-order valence-electron chi connectivity index (χ0n) is 15.6. The number of carbonyl (C=O) groups excluding carboxylic acids is 3. The number of amides is 3. The highest BCUT2D eigenvalue weighted by molar-refractivity contribution is 5.85. The fraction of sp³-hybridized carbons (Fsp3) is 0.526. The maximum absolute atomic E-state index is 12.8. The lowest BCUT2D eigenvalue weighted by molar-refractivity contribution is -0.143. The molecule has 7 heteroatoms. The number of piperidine rings is 1. The summed E-state index contributed by atoms with van der Waals surface area (Å²) in [6, 6.07) is 7.14. The molecule has 1 fully saturated rings. The van der Waals surface area contributed by atoms with E-state index >= 15 is 0 Å². The molecule has 1 aromatic rings. The van der Waals surface area contributed by atoms with E-state index in [0.29, 0.717) is 38.2 Å². The summed E-state index contributed by atoms with van der Waals surface area (Å²) in [4.78, 5) is 37.9. The molecule has 1 aliphatic heterocycles. The van der Waals surface area contributed by atoms with Gasteiger partial charge in [-0.15, -0.1) is 0 Å². The Balaban J connectivity index is 2.23. The van der Waals surface area contributed by atoms with E-state index in [1.54, 1.807) is 12.0 Å². The summed E-state index contributed by atoms with van der Waals surface area (Å²) in [5.41, 5.74) is 0.840. The SMILES string of the molecule is CCN1C(=O)CC[C@@H](C(=O)NCCNC(C)=O)[C@@H]1c1ccccc1OC. The van der Waals surface area contributed by atoms with Crippen LogP contribution in [0.3, 0.4) is 0 Å². The lowest BCUT2D eigenvalue weighted by atomic mass is 9.83. The van der Waals surface area contributed by atoms with Gasteiger partial charge in [0.05, 0.1) is 19.1 Å². The monoisotopic (exact) mass is 361 g/mol. The number of para-hydroxylation sites is 1. The van der Waals surface area contributed by atoms with Gasteiger partial charge in [-0.2, -0.15) is 0 Å². The Kier molecular flexibility index (Phi) is 7.00. The van der Waals surface area contributed by atoms with Crippen molar-refractivity contribution in [1.82, 2.24) is 15.5 Å². The molecule has 2 atom stereocenters. The van der Waals surface area contributed by atoms with E-state index in [1.807, 2.05) is 31.2 Å². The third kappa shape index (κ3) is 4.53. The van der Waals surface area contributed by atoms with Crippen molar-refractivity contribution in [3.8, 4) is 5.75 Å². The first-order valence-corrected chi connectivity index (χ1v) is 8.94. The summed E-state index contributed by atoms with van der Waals surface area (Å²) >= 11 is 0. The van der Waals surface area contributed by atoms with E-state index in [9.17, 15) is 14.4 Å². The molecule has 2 rings (SSSR count). The van der Waals surface area contributed by atoms with Crippen LogP contribution in [-0.4, -0.2) is 49.4 Å². The zero-order valence-corrected chi connectivity index (χ0v) is 15.6. The van der Waals surface area contributed by atoms with Gasteiger partial charge in [0.2, 0.25) is 17.7 Å². The second-order valence-corrected chi connectivity index (χ2v) is 6.29. The predicted octanol–water partition coefficient (Wildman–Crippen LogP) is 1.25. The van der Waals surface area contributed by atoms with Gasteiger partial charge in [-0.1, -0.05) is 18.2 Å². The van der Waals surface area contributed by atoms with Crippen LogP contribution < -0.4 is 15.4 Å². The van der Waals surface area contributed by atoms with Crippen LogP contribution >= 0.6 is 0 Å². The van der Waals surface area contributed by atoms with Gasteiger partial charge in [-0.3, -0.25) is 14.4 Å². The van der Waals surface area contributed by atoms with Crippen LogP contribution in [-0.2, 0) is 14.4 Å². The molecular formula is C19H27N3O4. The number of hydrogen-bond acceptors (Lipinski definition) is 4. The summed E-state index contributed by atoms with van der Waals surface area (Å²) in [5, 5.41) is 5.53. The molecule has 0 aliphatic carbocycles. The van der Waals surface area contributed by atoms with Crippen molar-refractivity contribution in [3.05, 3.63) is 29.8 Å². The smallest absolute Gasteiger partial charge is 0.225 e. The second kappa shape index (κ2) is 9.22. The van der Waals surface area contributed by atoms with Crippen molar-refractivity contribution >= 4 is 17.7 Å². The maximum Gasteiger partial charge on any atom is 0.225 e. The van der Waals surface area contributed by atoms with Gasteiger partial charge in [-0.05, 0) is 19.4 Å². The minimum atomic E-state index is -0.363. The van der Waals surface area contributed by atoms with Gasteiger partial charge in [-0.25, -0.2) is 0 Å². The van der Waals surface area contributed by atoms with E-state index in [-0.39, 0.29) is 29.7 Å². The average Bonchev–Trinajstić information content (AvgIpc) is 2.64. The Hall–Kier alpha value is -2.57. The molecule has 1 heterocycles. The van der Waals surface area contributed by atoms with Gasteiger partial charge in [0.15, 0.2) is 0 Å². The number of carbonyl (C=O) groups is 3. The van der Waals surface area contributed by atoms with Gasteiger partial charge in [0.1, 0.15) is 5.75 Å². The second-order valence-electron chi connectivity index (χ2n) is 6.29. The van der Waals surface area contributed by atoms with Crippen molar-refractivity contribution < 1.29 is 19.1 Å². The van der Waals surface area contributed by atoms with Gasteiger partial charge in [0, 0.05) is 38.5 Å². The number of benzene rings is 1. The van der Waals surface area contributed by atoms with E-state index in [4.69, 9.17) is 4.74 Å². The minimum absolute atomic E-state index is 0.0469. The molecule has 0 aromatic heterocycles. The van der Waals surface area contributed by atoms with Crippen LogP contribution in [0.5, 0.6) is 5.75 Å². The van der Waals surface area contributed by atoms with Crippen LogP contribution in [0.4, 0.5) is 0 Å². The summed E-state index contributed by atoms with van der Waals surface area (Å²) in [5.74, 6) is 0.109. The number of nitrogens with zero attached hydrogens (tertiary/aromatic N) is 1. The van der Waals surface area contributed by atoms with Gasteiger partial charge < -0.3 is 20.3 Å². The van der Waals surface area contributed by atoms with Crippen molar-refractivity contribution in [2.75, 3.05) is 26.7 Å². The summed E-state index contributed by atoms with van der Waals surface area (Å²) in [7, 11) is 1.59. The highest BCUT2D eigenvalue weighted by Crippen LogP contribution is 2.40. The van der Waals surface area contributed by atoms with Crippen LogP contribution in [0.25, 0.3) is 0 Å². The third-order valence-corrected chi connectivity index (χ3v) is 4.64. The fourth-order valence-electron chi connectivity index (χ4n) is 3.45. The largest absolute Gasteiger partial charge is 0.496 e. The molecular weight excluding hydrogens is 334 g/mol. The Morgan fingerprint density at radius 3 is 2.58 bits per heavy atom. The molecule has 0 bridgehead atoms. The molecule has 2 N–H and O–H groups in total. The van der Waals surface area contributed by atoms with Crippen LogP contribution in [0.1, 0.15) is 38.3 Å². The maximum atomic E-state index is 12.8. The first-order chi connectivity index (χ1) is 12.5. The van der Waals surface area contributed by atoms with Crippen molar-refractivity contribution in [2.45, 2.75) is 32.7 Å². The van der Waals surface area contributed by atoms with Crippen LogP contribution in [0.15, 0.2) is 24.3 Å². The first-order valence-electron chi connectivity index (χ1n) is 8.94. The molecule has 0 unspecified atom stereocenters. The number of methoxy groups -OCH3 is 1. The Labute approximate surface area is 154 Å². The molecule has 3 amide bonds. The van der Waals surface area contributed by atoms with Crippen LogP contribution in [0, 0.1) is 5.92 Å². The van der Waals surface area contributed by atoms with E-state index in [0.717, 1.165) is 5.56 Å².